The Morgan fingerprint density at radius 1 is 1.26 bits per heavy atom. The van der Waals surface area contributed by atoms with E-state index in [1.165, 1.54) is 18.2 Å². The van der Waals surface area contributed by atoms with Crippen molar-refractivity contribution in [2.24, 2.45) is 0 Å². The second-order valence-corrected chi connectivity index (χ2v) is 7.93. The van der Waals surface area contributed by atoms with Crippen molar-refractivity contribution in [1.82, 2.24) is 20.9 Å². The third kappa shape index (κ3) is 5.14. The third-order valence-electron chi connectivity index (χ3n) is 5.78. The molecule has 0 saturated carbocycles. The summed E-state index contributed by atoms with van der Waals surface area (Å²) in [6.07, 6.45) is 1.53. The maximum Gasteiger partial charge on any atom is 0.323 e. The van der Waals surface area contributed by atoms with Crippen LogP contribution >= 0.6 is 0 Å². The minimum atomic E-state index is -1.58. The normalized spacial score (nSPS) is 18.7. The van der Waals surface area contributed by atoms with Gasteiger partial charge in [0.1, 0.15) is 11.8 Å². The van der Waals surface area contributed by atoms with Crippen molar-refractivity contribution >= 4 is 17.8 Å². The first-order chi connectivity index (χ1) is 16.9. The van der Waals surface area contributed by atoms with Crippen molar-refractivity contribution in [3.05, 3.63) is 77.5 Å². The molecule has 4 amide bonds. The van der Waals surface area contributed by atoms with Crippen LogP contribution < -0.4 is 20.7 Å². The van der Waals surface area contributed by atoms with Gasteiger partial charge in [0.05, 0.1) is 13.7 Å². The Balaban J connectivity index is 0.00000167. The first-order valence-corrected chi connectivity index (χ1v) is 11.4. The summed E-state index contributed by atoms with van der Waals surface area (Å²) in [5.41, 5.74) is 1.68. The second-order valence-electron chi connectivity index (χ2n) is 7.93. The van der Waals surface area contributed by atoms with Crippen LogP contribution in [0.4, 0.5) is 4.79 Å². The van der Waals surface area contributed by atoms with Gasteiger partial charge in [-0.3, -0.25) is 14.9 Å². The Labute approximate surface area is 208 Å². The molecule has 0 aromatic heterocycles. The molecule has 2 heterocycles. The zero-order valence-electron chi connectivity index (χ0n) is 20.4. The van der Waals surface area contributed by atoms with Crippen molar-refractivity contribution in [2.75, 3.05) is 13.7 Å². The maximum atomic E-state index is 13.0. The number of rotatable bonds is 6. The molecule has 2 aromatic rings. The third-order valence-corrected chi connectivity index (χ3v) is 5.78. The van der Waals surface area contributed by atoms with Crippen molar-refractivity contribution in [1.29, 1.82) is 0 Å². The summed E-state index contributed by atoms with van der Waals surface area (Å²) in [4.78, 5) is 39.5. The van der Waals surface area contributed by atoms with E-state index in [4.69, 9.17) is 4.74 Å². The predicted molar refractivity (Wildman–Crippen MR) is 138 cm³/mol. The molecule has 8 heteroatoms. The maximum absolute atomic E-state index is 13.0. The minimum Gasteiger partial charge on any atom is -0.497 e. The first-order valence-electron chi connectivity index (χ1n) is 11.4. The van der Waals surface area contributed by atoms with Crippen LogP contribution in [0.1, 0.15) is 49.8 Å². The number of amides is 4. The van der Waals surface area contributed by atoms with Gasteiger partial charge in [-0.15, -0.1) is 0 Å². The highest BCUT2D eigenvalue weighted by atomic mass is 16.5. The lowest BCUT2D eigenvalue weighted by Crippen LogP contribution is -2.54. The number of benzene rings is 2. The highest BCUT2D eigenvalue weighted by Gasteiger charge is 2.48. The summed E-state index contributed by atoms with van der Waals surface area (Å²) < 4.78 is 5.22. The van der Waals surface area contributed by atoms with Crippen molar-refractivity contribution in [2.45, 2.75) is 38.9 Å². The summed E-state index contributed by atoms with van der Waals surface area (Å²) in [6, 6.07) is 11.9. The number of ether oxygens (including phenoxy) is 1. The molecule has 4 rings (SSSR count). The SMILES string of the molecule is C=CNC(C#C[C@]1(CN2Cc3ccc(OC)cc3C2=O)NC(=O)NC1=O)c1ccccc1C.CC.[HH].[HH]. The second kappa shape index (κ2) is 10.8. The van der Waals surface area contributed by atoms with E-state index in [9.17, 15) is 14.4 Å². The molecule has 0 aliphatic carbocycles. The van der Waals surface area contributed by atoms with E-state index in [2.05, 4.69) is 34.4 Å². The lowest BCUT2D eigenvalue weighted by molar-refractivity contribution is -0.122. The fourth-order valence-corrected chi connectivity index (χ4v) is 4.04. The van der Waals surface area contributed by atoms with Gasteiger partial charge in [0.25, 0.3) is 11.8 Å². The number of urea groups is 1. The average Bonchev–Trinajstić information content (AvgIpc) is 3.32. The molecule has 3 N–H and O–H groups in total. The van der Waals surface area contributed by atoms with Crippen LogP contribution in [0.25, 0.3) is 0 Å². The monoisotopic (exact) mass is 478 g/mol. The minimum absolute atomic E-state index is 0. The van der Waals surface area contributed by atoms with E-state index in [-0.39, 0.29) is 15.3 Å². The topological polar surface area (TPSA) is 99.8 Å². The Bertz CT molecular complexity index is 1220. The first kappa shape index (κ1) is 25.4. The standard InChI is InChI=1S/C25H24N4O4.C2H6.2H2/c1-4-26-21(19-8-6-5-7-16(19)2)11-12-25(23(31)27-24(32)28-25)15-29-14-17-9-10-18(33-3)13-20(17)22(29)30;1-2;;/h4-10,13,21,26H,1,14-15H2,2-3H3,(H2,27,28,31,32);1-2H3;2*1H/t21?,25-;;;/m1.../s1. The molecule has 1 fully saturated rings. The lowest BCUT2D eigenvalue weighted by atomic mass is 9.96. The molecule has 2 aliphatic rings. The van der Waals surface area contributed by atoms with Gasteiger partial charge in [-0.05, 0) is 41.9 Å². The number of methoxy groups -OCH3 is 1. The van der Waals surface area contributed by atoms with Gasteiger partial charge in [0.15, 0.2) is 0 Å². The Kier molecular flexibility index (Phi) is 7.82. The number of hydrogen-bond donors (Lipinski definition) is 3. The molecule has 1 unspecified atom stereocenters. The summed E-state index contributed by atoms with van der Waals surface area (Å²) in [5, 5.41) is 7.97. The largest absolute Gasteiger partial charge is 0.497 e. The molecule has 0 bridgehead atoms. The van der Waals surface area contributed by atoms with Gasteiger partial charge in [0, 0.05) is 15.0 Å². The van der Waals surface area contributed by atoms with Crippen LogP contribution in [0.5, 0.6) is 5.75 Å². The number of fused-ring (bicyclic) bond motifs is 1. The fraction of sp³-hybridized carbons (Fsp3) is 0.296. The van der Waals surface area contributed by atoms with Gasteiger partial charge in [-0.25, -0.2) is 4.79 Å². The fourth-order valence-electron chi connectivity index (χ4n) is 4.04. The van der Waals surface area contributed by atoms with E-state index in [0.29, 0.717) is 17.9 Å². The molecule has 2 aliphatic heterocycles. The number of imide groups is 1. The van der Waals surface area contributed by atoms with Crippen LogP contribution in [0, 0.1) is 18.8 Å². The van der Waals surface area contributed by atoms with Gasteiger partial charge < -0.3 is 20.3 Å². The van der Waals surface area contributed by atoms with Gasteiger partial charge in [0.2, 0.25) is 5.54 Å². The van der Waals surface area contributed by atoms with E-state index in [1.54, 1.807) is 12.1 Å². The smallest absolute Gasteiger partial charge is 0.323 e. The molecule has 2 aromatic carbocycles. The van der Waals surface area contributed by atoms with Crippen LogP contribution in [0.2, 0.25) is 0 Å². The lowest BCUT2D eigenvalue weighted by Gasteiger charge is -2.26. The van der Waals surface area contributed by atoms with Gasteiger partial charge >= 0.3 is 6.03 Å². The number of nitrogens with one attached hydrogen (secondary N) is 3. The molecular formula is C27H34N4O4. The van der Waals surface area contributed by atoms with Crippen LogP contribution in [-0.2, 0) is 11.3 Å². The summed E-state index contributed by atoms with van der Waals surface area (Å²) in [7, 11) is 1.53. The number of carbonyl (C=O) groups is 3. The van der Waals surface area contributed by atoms with E-state index >= 15 is 0 Å². The summed E-state index contributed by atoms with van der Waals surface area (Å²) in [5.74, 6) is 5.76. The van der Waals surface area contributed by atoms with Gasteiger partial charge in [-0.2, -0.15) is 0 Å². The number of hydrogen-bond acceptors (Lipinski definition) is 5. The summed E-state index contributed by atoms with van der Waals surface area (Å²) >= 11 is 0. The highest BCUT2D eigenvalue weighted by molar-refractivity contribution is 6.10. The van der Waals surface area contributed by atoms with Crippen molar-refractivity contribution in [3.8, 4) is 17.6 Å². The quantitative estimate of drug-likeness (QED) is 0.436. The summed E-state index contributed by atoms with van der Waals surface area (Å²) in [6.45, 7) is 9.89. The van der Waals surface area contributed by atoms with Crippen molar-refractivity contribution < 1.29 is 22.0 Å². The Morgan fingerprint density at radius 3 is 2.63 bits per heavy atom. The van der Waals surface area contributed by atoms with Crippen molar-refractivity contribution in [3.63, 3.8) is 0 Å². The highest BCUT2D eigenvalue weighted by Crippen LogP contribution is 2.28. The zero-order chi connectivity index (χ0) is 25.6. The number of carbonyl (C=O) groups excluding carboxylic acids is 3. The molecule has 0 radical (unpaired) electrons. The predicted octanol–water partition coefficient (Wildman–Crippen LogP) is 3.53. The molecule has 0 spiro atoms. The zero-order valence-corrected chi connectivity index (χ0v) is 20.4. The molecule has 2 atom stereocenters. The average molecular weight is 479 g/mol. The molecule has 1 saturated heterocycles. The molecular weight excluding hydrogens is 444 g/mol. The van der Waals surface area contributed by atoms with E-state index in [1.807, 2.05) is 51.1 Å². The molecule has 35 heavy (non-hydrogen) atoms. The van der Waals surface area contributed by atoms with Crippen LogP contribution in [0.15, 0.2) is 55.2 Å². The van der Waals surface area contributed by atoms with Crippen LogP contribution in [0.3, 0.4) is 0 Å². The Morgan fingerprint density at radius 2 is 2.00 bits per heavy atom. The van der Waals surface area contributed by atoms with E-state index < -0.39 is 23.5 Å². The number of aryl methyl sites for hydroxylation is 1. The molecule has 8 nitrogen and oxygen atoms in total. The Hall–Kier alpha value is -4.25. The van der Waals surface area contributed by atoms with Crippen LogP contribution in [-0.4, -0.2) is 41.9 Å². The number of nitrogens with zero attached hydrogens (tertiary/aromatic N) is 1. The molecule has 186 valence electrons. The van der Waals surface area contributed by atoms with E-state index in [0.717, 1.165) is 16.7 Å². The van der Waals surface area contributed by atoms with Gasteiger partial charge in [-0.1, -0.05) is 62.6 Å².